The molecule has 2 fully saturated rings. The van der Waals surface area contributed by atoms with Crippen LogP contribution >= 0.6 is 0 Å². The van der Waals surface area contributed by atoms with Crippen LogP contribution in [0.25, 0.3) is 0 Å². The standard InChI is InChI=1S/C16H21NO2/c1-19-15(18)16-9-5-8-14(16)11-17(12-16)10-13-6-3-2-4-7-13/h2-4,6-7,14H,5,8-12H2,1H3/t14-,16-/m0/s1. The number of carbonyl (C=O) groups is 1. The molecule has 2 aliphatic rings. The molecule has 1 aliphatic carbocycles. The summed E-state index contributed by atoms with van der Waals surface area (Å²) in [6.07, 6.45) is 3.33. The maximum Gasteiger partial charge on any atom is 0.313 e. The first-order valence-electron chi connectivity index (χ1n) is 7.09. The lowest BCUT2D eigenvalue weighted by molar-refractivity contribution is -0.153. The van der Waals surface area contributed by atoms with Crippen LogP contribution in [0.1, 0.15) is 24.8 Å². The Morgan fingerprint density at radius 2 is 2.21 bits per heavy atom. The Kier molecular flexibility index (Phi) is 3.31. The second-order valence-corrected chi connectivity index (χ2v) is 5.89. The summed E-state index contributed by atoms with van der Waals surface area (Å²) in [4.78, 5) is 14.6. The van der Waals surface area contributed by atoms with Crippen LogP contribution in [-0.4, -0.2) is 31.1 Å². The number of fused-ring (bicyclic) bond motifs is 1. The summed E-state index contributed by atoms with van der Waals surface area (Å²) >= 11 is 0. The van der Waals surface area contributed by atoms with Gasteiger partial charge in [0.15, 0.2) is 0 Å². The molecule has 1 saturated heterocycles. The van der Waals surface area contributed by atoms with Crippen LogP contribution in [0.15, 0.2) is 30.3 Å². The van der Waals surface area contributed by atoms with Gasteiger partial charge in [-0.1, -0.05) is 36.8 Å². The summed E-state index contributed by atoms with van der Waals surface area (Å²) in [7, 11) is 1.52. The molecule has 3 rings (SSSR count). The molecule has 0 radical (unpaired) electrons. The number of hydrogen-bond acceptors (Lipinski definition) is 3. The van der Waals surface area contributed by atoms with Gasteiger partial charge in [0.2, 0.25) is 0 Å². The van der Waals surface area contributed by atoms with Gasteiger partial charge in [-0.25, -0.2) is 0 Å². The Bertz CT molecular complexity index is 459. The van der Waals surface area contributed by atoms with Crippen LogP contribution in [0, 0.1) is 11.3 Å². The van der Waals surface area contributed by atoms with Gasteiger partial charge in [-0.2, -0.15) is 0 Å². The van der Waals surface area contributed by atoms with Gasteiger partial charge in [0.1, 0.15) is 0 Å². The normalized spacial score (nSPS) is 30.3. The smallest absolute Gasteiger partial charge is 0.313 e. The second kappa shape index (κ2) is 4.97. The zero-order valence-corrected chi connectivity index (χ0v) is 11.5. The molecule has 0 aromatic heterocycles. The highest BCUT2D eigenvalue weighted by atomic mass is 16.5. The Hall–Kier alpha value is -1.35. The topological polar surface area (TPSA) is 29.5 Å². The molecule has 19 heavy (non-hydrogen) atoms. The number of methoxy groups -OCH3 is 1. The van der Waals surface area contributed by atoms with E-state index in [1.807, 2.05) is 6.07 Å². The van der Waals surface area contributed by atoms with Gasteiger partial charge >= 0.3 is 5.97 Å². The zero-order chi connectivity index (χ0) is 13.3. The summed E-state index contributed by atoms with van der Waals surface area (Å²) in [5, 5.41) is 0. The Balaban J connectivity index is 1.73. The second-order valence-electron chi connectivity index (χ2n) is 5.89. The van der Waals surface area contributed by atoms with Crippen molar-refractivity contribution in [1.82, 2.24) is 4.90 Å². The highest BCUT2D eigenvalue weighted by molar-refractivity contribution is 5.78. The minimum Gasteiger partial charge on any atom is -0.469 e. The number of hydrogen-bond donors (Lipinski definition) is 0. The molecule has 2 atom stereocenters. The SMILES string of the molecule is COC(=O)[C@]12CCC[C@H]1CN(Cc1ccccc1)C2. The molecule has 0 unspecified atom stereocenters. The summed E-state index contributed by atoms with van der Waals surface area (Å²) in [6, 6.07) is 10.5. The molecule has 3 heteroatoms. The number of likely N-dealkylation sites (tertiary alicyclic amines) is 1. The first-order valence-corrected chi connectivity index (χ1v) is 7.09. The number of ether oxygens (including phenoxy) is 1. The zero-order valence-electron chi connectivity index (χ0n) is 11.5. The predicted molar refractivity (Wildman–Crippen MR) is 73.5 cm³/mol. The molecular formula is C16H21NO2. The Morgan fingerprint density at radius 3 is 2.95 bits per heavy atom. The minimum atomic E-state index is -0.219. The summed E-state index contributed by atoms with van der Waals surface area (Å²) in [5.41, 5.74) is 1.10. The summed E-state index contributed by atoms with van der Waals surface area (Å²) in [6.45, 7) is 2.83. The van der Waals surface area contributed by atoms with Crippen LogP contribution in [0.5, 0.6) is 0 Å². The Morgan fingerprint density at radius 1 is 1.42 bits per heavy atom. The van der Waals surface area contributed by atoms with Gasteiger partial charge in [0.25, 0.3) is 0 Å². The fraction of sp³-hybridized carbons (Fsp3) is 0.562. The van der Waals surface area contributed by atoms with Crippen LogP contribution in [0.3, 0.4) is 0 Å². The van der Waals surface area contributed by atoms with Crippen LogP contribution in [-0.2, 0) is 16.1 Å². The lowest BCUT2D eigenvalue weighted by Crippen LogP contribution is -2.36. The van der Waals surface area contributed by atoms with Crippen molar-refractivity contribution < 1.29 is 9.53 Å². The van der Waals surface area contributed by atoms with E-state index in [4.69, 9.17) is 4.74 Å². The molecule has 1 heterocycles. The average Bonchev–Trinajstić information content (AvgIpc) is 2.96. The van der Waals surface area contributed by atoms with Crippen molar-refractivity contribution in [3.8, 4) is 0 Å². The van der Waals surface area contributed by atoms with Gasteiger partial charge < -0.3 is 4.74 Å². The fourth-order valence-corrected chi connectivity index (χ4v) is 3.89. The molecule has 0 N–H and O–H groups in total. The van der Waals surface area contributed by atoms with Gasteiger partial charge in [0, 0.05) is 19.6 Å². The third kappa shape index (κ3) is 2.16. The van der Waals surface area contributed by atoms with E-state index in [-0.39, 0.29) is 11.4 Å². The van der Waals surface area contributed by atoms with E-state index in [0.717, 1.165) is 26.1 Å². The fourth-order valence-electron chi connectivity index (χ4n) is 3.89. The van der Waals surface area contributed by atoms with Crippen molar-refractivity contribution in [3.63, 3.8) is 0 Å². The molecule has 1 aromatic rings. The van der Waals surface area contributed by atoms with E-state index in [0.29, 0.717) is 5.92 Å². The van der Waals surface area contributed by atoms with E-state index in [2.05, 4.69) is 29.2 Å². The number of esters is 1. The first kappa shape index (κ1) is 12.7. The maximum atomic E-state index is 12.2. The van der Waals surface area contributed by atoms with Crippen molar-refractivity contribution in [1.29, 1.82) is 0 Å². The molecule has 102 valence electrons. The average molecular weight is 259 g/mol. The van der Waals surface area contributed by atoms with Crippen molar-refractivity contribution in [2.24, 2.45) is 11.3 Å². The number of carbonyl (C=O) groups excluding carboxylic acids is 1. The van der Waals surface area contributed by atoms with E-state index in [9.17, 15) is 4.79 Å². The monoisotopic (exact) mass is 259 g/mol. The van der Waals surface area contributed by atoms with Crippen molar-refractivity contribution in [2.75, 3.05) is 20.2 Å². The van der Waals surface area contributed by atoms with Crippen LogP contribution in [0.2, 0.25) is 0 Å². The van der Waals surface area contributed by atoms with E-state index >= 15 is 0 Å². The number of nitrogens with zero attached hydrogens (tertiary/aromatic N) is 1. The van der Waals surface area contributed by atoms with E-state index < -0.39 is 0 Å². The van der Waals surface area contributed by atoms with Crippen molar-refractivity contribution >= 4 is 5.97 Å². The van der Waals surface area contributed by atoms with Gasteiger partial charge in [-0.3, -0.25) is 9.69 Å². The van der Waals surface area contributed by atoms with Crippen LogP contribution in [0.4, 0.5) is 0 Å². The van der Waals surface area contributed by atoms with Gasteiger partial charge in [-0.05, 0) is 24.3 Å². The number of benzene rings is 1. The molecule has 0 spiro atoms. The minimum absolute atomic E-state index is 0.00515. The van der Waals surface area contributed by atoms with E-state index in [1.165, 1.54) is 25.5 Å². The molecule has 1 aromatic carbocycles. The third-order valence-corrected chi connectivity index (χ3v) is 4.78. The number of rotatable bonds is 3. The molecule has 1 aliphatic heterocycles. The lowest BCUT2D eigenvalue weighted by Gasteiger charge is -2.25. The molecular weight excluding hydrogens is 238 g/mol. The summed E-state index contributed by atoms with van der Waals surface area (Å²) in [5.74, 6) is 0.495. The molecule has 3 nitrogen and oxygen atoms in total. The molecule has 0 amide bonds. The molecule has 0 bridgehead atoms. The highest BCUT2D eigenvalue weighted by Crippen LogP contribution is 2.49. The van der Waals surface area contributed by atoms with Crippen molar-refractivity contribution in [2.45, 2.75) is 25.8 Å². The quantitative estimate of drug-likeness (QED) is 0.781. The largest absolute Gasteiger partial charge is 0.469 e. The van der Waals surface area contributed by atoms with Gasteiger partial charge in [-0.15, -0.1) is 0 Å². The highest BCUT2D eigenvalue weighted by Gasteiger charge is 2.55. The third-order valence-electron chi connectivity index (χ3n) is 4.78. The predicted octanol–water partition coefficient (Wildman–Crippen LogP) is 2.46. The maximum absolute atomic E-state index is 12.2. The van der Waals surface area contributed by atoms with Crippen LogP contribution < -0.4 is 0 Å². The lowest BCUT2D eigenvalue weighted by atomic mass is 9.81. The van der Waals surface area contributed by atoms with Gasteiger partial charge in [0.05, 0.1) is 12.5 Å². The first-order chi connectivity index (χ1) is 9.24. The summed E-state index contributed by atoms with van der Waals surface area (Å²) < 4.78 is 5.07. The van der Waals surface area contributed by atoms with Crippen molar-refractivity contribution in [3.05, 3.63) is 35.9 Å². The van der Waals surface area contributed by atoms with E-state index in [1.54, 1.807) is 0 Å². The molecule has 1 saturated carbocycles. The Labute approximate surface area is 114 Å².